The number of fused-ring (bicyclic) bond motifs is 18. The molecule has 0 aromatic heterocycles. The molecule has 0 amide bonds. The zero-order chi connectivity index (χ0) is 76.6. The Morgan fingerprint density at radius 2 is 0.477 bits per heavy atom. The van der Waals surface area contributed by atoms with Crippen LogP contribution in [0.1, 0.15) is 114 Å². The quantitative estimate of drug-likeness (QED) is 0.165. The van der Waals surface area contributed by atoms with Crippen molar-refractivity contribution in [2.45, 2.75) is 85.5 Å². The lowest BCUT2D eigenvalue weighted by Gasteiger charge is -2.34. The van der Waals surface area contributed by atoms with E-state index in [9.17, 15) is 0 Å². The van der Waals surface area contributed by atoms with Gasteiger partial charge in [0.2, 0.25) is 0 Å². The Bertz CT molecular complexity index is 5890. The van der Waals surface area contributed by atoms with Crippen molar-refractivity contribution in [3.63, 3.8) is 0 Å². The first-order valence-electron chi connectivity index (χ1n) is 39.1. The second kappa shape index (κ2) is 32.2. The third-order valence-corrected chi connectivity index (χ3v) is 22.9. The standard InChI is InChI=1S/C26H18.C26H20.C16H16.C13H12.2C11H10.C8H10/c1-17-14-15-21-20-10-4-7-13-24(20)26(25(21)16-17)22-11-5-2-8-18(22)19-9-3-6-12-23(19)26;1-19-16-17-23-22-14-8-9-15-24(22)26(25(23)18-19,20-10-4-2-5-11-20)21-12-6-3-7-13-21;1-11-8-9-13-12-6-4-5-7-14(12)16(2,3)15(13)10-11;1-11-7-5-6-10-13(11)12-8-3-2-4-9-12;1-9-5-4-7-10-6-2-3-8-11(9)10;1-9-6-7-10-4-2-3-5-11(10)8-9;1-7-3-5-8(2)6-4-7/h2-16H,1H3;2-18H,1H3;4-10H,1-3H3;2-10H,1H3;2*2-8H,1H3;3-6H,1-2H3. The van der Waals surface area contributed by atoms with Gasteiger partial charge in [0.15, 0.2) is 0 Å². The van der Waals surface area contributed by atoms with E-state index in [0.717, 1.165) is 0 Å². The van der Waals surface area contributed by atoms with E-state index >= 15 is 0 Å². The molecule has 21 rings (SSSR count). The van der Waals surface area contributed by atoms with Crippen LogP contribution in [0.4, 0.5) is 0 Å². The minimum Gasteiger partial charge on any atom is -0.0622 e. The van der Waals surface area contributed by atoms with Gasteiger partial charge in [0.1, 0.15) is 0 Å². The number of rotatable bonds is 3. The summed E-state index contributed by atoms with van der Waals surface area (Å²) in [5.74, 6) is 0. The van der Waals surface area contributed by atoms with Crippen molar-refractivity contribution in [1.29, 1.82) is 0 Å². The third kappa shape index (κ3) is 14.4. The lowest BCUT2D eigenvalue weighted by atomic mass is 9.67. The van der Waals surface area contributed by atoms with Gasteiger partial charge in [0.25, 0.3) is 0 Å². The Morgan fingerprint density at radius 1 is 0.171 bits per heavy atom. The van der Waals surface area contributed by atoms with Crippen LogP contribution in [-0.2, 0) is 16.2 Å². The molecule has 4 aliphatic carbocycles. The molecule has 0 aliphatic heterocycles. The van der Waals surface area contributed by atoms with Crippen molar-refractivity contribution in [2.75, 3.05) is 0 Å². The van der Waals surface area contributed by atoms with Crippen molar-refractivity contribution in [1.82, 2.24) is 0 Å². The number of benzene rings is 17. The number of aryl methyl sites for hydroxylation is 8. The average molecular weight is 1430 g/mol. The molecule has 0 N–H and O–H groups in total. The Labute approximate surface area is 658 Å². The van der Waals surface area contributed by atoms with Crippen LogP contribution in [0.2, 0.25) is 0 Å². The molecule has 0 bridgehead atoms. The smallest absolute Gasteiger partial charge is 0.0622 e. The van der Waals surface area contributed by atoms with Crippen molar-refractivity contribution < 1.29 is 0 Å². The molecule has 0 atom stereocenters. The van der Waals surface area contributed by atoms with Crippen LogP contribution in [-0.4, -0.2) is 0 Å². The molecule has 4 aliphatic rings. The Hall–Kier alpha value is -12.7. The maximum atomic E-state index is 2.40. The molecule has 540 valence electrons. The topological polar surface area (TPSA) is 0 Å². The fraction of sp³-hybridized carbons (Fsp3) is 0.117. The lowest BCUT2D eigenvalue weighted by molar-refractivity contribution is 0.660. The molecule has 1 spiro atoms. The van der Waals surface area contributed by atoms with Gasteiger partial charge in [-0.15, -0.1) is 0 Å². The van der Waals surface area contributed by atoms with Crippen molar-refractivity contribution in [3.8, 4) is 55.6 Å². The van der Waals surface area contributed by atoms with E-state index in [-0.39, 0.29) is 16.2 Å². The summed E-state index contributed by atoms with van der Waals surface area (Å²) in [5, 5.41) is 5.33. The molecule has 0 saturated heterocycles. The molecule has 0 saturated carbocycles. The van der Waals surface area contributed by atoms with E-state index in [0.29, 0.717) is 0 Å². The molecule has 0 radical (unpaired) electrons. The van der Waals surface area contributed by atoms with Crippen LogP contribution in [0.15, 0.2) is 400 Å². The van der Waals surface area contributed by atoms with E-state index in [1.807, 2.05) is 6.07 Å². The van der Waals surface area contributed by atoms with Crippen molar-refractivity contribution >= 4 is 21.5 Å². The summed E-state index contributed by atoms with van der Waals surface area (Å²) >= 11 is 0. The van der Waals surface area contributed by atoms with Gasteiger partial charge in [0.05, 0.1) is 10.8 Å². The van der Waals surface area contributed by atoms with Crippen molar-refractivity contribution in [3.05, 3.63) is 501 Å². The minimum absolute atomic E-state index is 0.151. The molecular weight excluding hydrogens is 1330 g/mol. The lowest BCUT2D eigenvalue weighted by Crippen LogP contribution is -2.28. The molecule has 17 aromatic carbocycles. The highest BCUT2D eigenvalue weighted by atomic mass is 14.5. The monoisotopic (exact) mass is 1430 g/mol. The summed E-state index contributed by atoms with van der Waals surface area (Å²) in [6, 6.07) is 144. The van der Waals surface area contributed by atoms with Crippen molar-refractivity contribution in [2.24, 2.45) is 0 Å². The van der Waals surface area contributed by atoms with E-state index in [2.05, 4.69) is 464 Å². The van der Waals surface area contributed by atoms with Crippen LogP contribution in [0, 0.1) is 55.4 Å². The SMILES string of the molecule is Cc1ccc(C)cc1.Cc1ccc2c(c1)C(C)(C)c1ccccc1-2.Cc1ccc2c(c1)C(c1ccccc1)(c1ccccc1)c1ccccc1-2.Cc1ccc2c(c1)C1(c3ccccc3-c3ccccc31)c1ccccc1-2.Cc1ccc2ccccc2c1.Cc1cccc2ccccc12.Cc1ccccc1-c1ccccc1. The zero-order valence-electron chi connectivity index (χ0n) is 65.6. The average Bonchev–Trinajstić information content (AvgIpc) is 1.51. The van der Waals surface area contributed by atoms with Gasteiger partial charge >= 0.3 is 0 Å². The Kier molecular flexibility index (Phi) is 21.4. The van der Waals surface area contributed by atoms with E-state index in [4.69, 9.17) is 0 Å². The molecule has 111 heavy (non-hydrogen) atoms. The predicted molar refractivity (Wildman–Crippen MR) is 475 cm³/mol. The Balaban J connectivity index is 0.000000107. The van der Waals surface area contributed by atoms with Gasteiger partial charge < -0.3 is 0 Å². The number of hydrogen-bond acceptors (Lipinski definition) is 0. The fourth-order valence-corrected chi connectivity index (χ4v) is 17.4. The van der Waals surface area contributed by atoms with Crippen LogP contribution in [0.3, 0.4) is 0 Å². The second-order valence-electron chi connectivity index (χ2n) is 30.7. The van der Waals surface area contributed by atoms with E-state index in [1.165, 1.54) is 177 Å². The summed E-state index contributed by atoms with van der Waals surface area (Å²) in [7, 11) is 0. The van der Waals surface area contributed by atoms with Crippen LogP contribution < -0.4 is 0 Å². The van der Waals surface area contributed by atoms with E-state index in [1.54, 1.807) is 0 Å². The van der Waals surface area contributed by atoms with Gasteiger partial charge in [-0.2, -0.15) is 0 Å². The number of hydrogen-bond donors (Lipinski definition) is 0. The van der Waals surface area contributed by atoms with Gasteiger partial charge in [-0.3, -0.25) is 0 Å². The summed E-state index contributed by atoms with van der Waals surface area (Å²) in [5.41, 5.74) is 37.9. The van der Waals surface area contributed by atoms with Crippen LogP contribution >= 0.6 is 0 Å². The normalized spacial score (nSPS) is 12.8. The highest BCUT2D eigenvalue weighted by Crippen LogP contribution is 2.63. The molecule has 0 heterocycles. The first-order chi connectivity index (χ1) is 54.1. The van der Waals surface area contributed by atoms with Gasteiger partial charge in [-0.25, -0.2) is 0 Å². The fourth-order valence-electron chi connectivity index (χ4n) is 17.4. The summed E-state index contributed by atoms with van der Waals surface area (Å²) in [6.07, 6.45) is 0. The highest BCUT2D eigenvalue weighted by Gasteiger charge is 2.52. The minimum atomic E-state index is -0.263. The van der Waals surface area contributed by atoms with Crippen LogP contribution in [0.5, 0.6) is 0 Å². The first kappa shape index (κ1) is 73.8. The predicted octanol–water partition coefficient (Wildman–Crippen LogP) is 29.3. The molecular formula is C111H96. The van der Waals surface area contributed by atoms with Gasteiger partial charge in [0, 0.05) is 5.41 Å². The molecule has 0 heteroatoms. The van der Waals surface area contributed by atoms with Gasteiger partial charge in [-0.05, 0) is 199 Å². The van der Waals surface area contributed by atoms with E-state index < -0.39 is 0 Å². The Morgan fingerprint density at radius 3 is 0.955 bits per heavy atom. The third-order valence-electron chi connectivity index (χ3n) is 22.9. The highest BCUT2D eigenvalue weighted by molar-refractivity contribution is 5.95. The maximum Gasteiger partial charge on any atom is 0.0725 e. The summed E-state index contributed by atoms with van der Waals surface area (Å²) < 4.78 is 0. The maximum absolute atomic E-state index is 2.40. The van der Waals surface area contributed by atoms with Crippen LogP contribution in [0.25, 0.3) is 77.2 Å². The summed E-state index contributed by atoms with van der Waals surface area (Å²) in [6.45, 7) is 21.8. The molecule has 0 nitrogen and oxygen atoms in total. The second-order valence-corrected chi connectivity index (χ2v) is 30.7. The first-order valence-corrected chi connectivity index (χ1v) is 39.1. The zero-order valence-corrected chi connectivity index (χ0v) is 65.6. The largest absolute Gasteiger partial charge is 0.0725 e. The molecule has 0 unspecified atom stereocenters. The molecule has 0 fully saturated rings. The van der Waals surface area contributed by atoms with Gasteiger partial charge in [-0.1, -0.05) is 448 Å². The summed E-state index contributed by atoms with van der Waals surface area (Å²) in [4.78, 5) is 0. The molecule has 17 aromatic rings.